The minimum absolute atomic E-state index is 0.0910. The molecule has 1 N–H and O–H groups in total. The Morgan fingerprint density at radius 1 is 1.20 bits per heavy atom. The van der Waals surface area contributed by atoms with Crippen LogP contribution in [0.25, 0.3) is 0 Å². The van der Waals surface area contributed by atoms with E-state index in [0.29, 0.717) is 19.8 Å². The Morgan fingerprint density at radius 3 is 2.56 bits per heavy atom. The minimum Gasteiger partial charge on any atom is -0.385 e. The van der Waals surface area contributed by atoms with Gasteiger partial charge in [0.1, 0.15) is 31.2 Å². The van der Waals surface area contributed by atoms with E-state index in [2.05, 4.69) is 19.6 Å². The molecule has 8 heteroatoms. The summed E-state index contributed by atoms with van der Waals surface area (Å²) in [7, 11) is -1.22. The summed E-state index contributed by atoms with van der Waals surface area (Å²) in [6.45, 7) is 14.0. The van der Waals surface area contributed by atoms with Crippen molar-refractivity contribution in [1.82, 2.24) is 0 Å². The lowest BCUT2D eigenvalue weighted by Crippen LogP contribution is -2.65. The van der Waals surface area contributed by atoms with Crippen molar-refractivity contribution >= 4 is 8.07 Å². The third kappa shape index (κ3) is 6.25. The molecule has 2 heterocycles. The third-order valence-corrected chi connectivity index (χ3v) is 6.02. The van der Waals surface area contributed by atoms with E-state index >= 15 is 0 Å². The van der Waals surface area contributed by atoms with Crippen molar-refractivity contribution in [2.45, 2.75) is 82.9 Å². The number of rotatable bonds is 8. The third-order valence-electron chi connectivity index (χ3n) is 4.31. The molecule has 5 atom stereocenters. The fraction of sp³-hybridized carbons (Fsp3) is 1.00. The summed E-state index contributed by atoms with van der Waals surface area (Å²) in [5, 5.41) is 10.7. The molecule has 4 unspecified atom stereocenters. The molecule has 2 aliphatic heterocycles. The van der Waals surface area contributed by atoms with E-state index in [1.54, 1.807) is 0 Å². The molecule has 0 amide bonds. The highest BCUT2D eigenvalue weighted by atomic mass is 28.3. The highest BCUT2D eigenvalue weighted by Gasteiger charge is 2.52. The van der Waals surface area contributed by atoms with Gasteiger partial charge in [0.15, 0.2) is 12.1 Å². The van der Waals surface area contributed by atoms with Gasteiger partial charge >= 0.3 is 0 Å². The minimum atomic E-state index is -1.22. The first-order valence-electron chi connectivity index (χ1n) is 9.09. The Labute approximate surface area is 151 Å². The van der Waals surface area contributed by atoms with Crippen LogP contribution in [0.1, 0.15) is 20.8 Å². The molecule has 148 valence electrons. The van der Waals surface area contributed by atoms with Gasteiger partial charge in [-0.25, -0.2) is 0 Å². The summed E-state index contributed by atoms with van der Waals surface area (Å²) < 4.78 is 34.5. The molecule has 2 fully saturated rings. The predicted molar refractivity (Wildman–Crippen MR) is 95.0 cm³/mol. The second-order valence-corrected chi connectivity index (χ2v) is 13.9. The molecule has 0 aromatic rings. The van der Waals surface area contributed by atoms with Gasteiger partial charge in [-0.15, -0.1) is 0 Å². The van der Waals surface area contributed by atoms with Crippen molar-refractivity contribution in [2.75, 3.05) is 26.6 Å². The van der Waals surface area contributed by atoms with Crippen LogP contribution < -0.4 is 0 Å². The van der Waals surface area contributed by atoms with Crippen molar-refractivity contribution in [3.8, 4) is 0 Å². The molecule has 0 aliphatic carbocycles. The second-order valence-electron chi connectivity index (χ2n) is 8.25. The van der Waals surface area contributed by atoms with Gasteiger partial charge in [0.2, 0.25) is 0 Å². The highest BCUT2D eigenvalue weighted by molar-refractivity contribution is 6.76. The zero-order chi connectivity index (χ0) is 18.7. The topological polar surface area (TPSA) is 75.6 Å². The summed E-state index contributed by atoms with van der Waals surface area (Å²) in [6.07, 6.45) is -3.07. The molecular weight excluding hydrogens is 344 g/mol. The predicted octanol–water partition coefficient (Wildman–Crippen LogP) is 1.96. The molecule has 0 radical (unpaired) electrons. The van der Waals surface area contributed by atoms with Crippen LogP contribution in [0.15, 0.2) is 0 Å². The number of aliphatic hydroxyl groups is 1. The fourth-order valence-corrected chi connectivity index (χ4v) is 3.57. The van der Waals surface area contributed by atoms with Gasteiger partial charge in [-0.2, -0.15) is 0 Å². The van der Waals surface area contributed by atoms with Crippen LogP contribution in [0.4, 0.5) is 0 Å². The van der Waals surface area contributed by atoms with Crippen molar-refractivity contribution in [3.63, 3.8) is 0 Å². The average molecular weight is 379 g/mol. The molecule has 2 rings (SSSR count). The van der Waals surface area contributed by atoms with Gasteiger partial charge in [-0.05, 0) is 26.8 Å². The summed E-state index contributed by atoms with van der Waals surface area (Å²) in [4.78, 5) is 0. The molecule has 0 spiro atoms. The Bertz CT molecular complexity index is 412. The monoisotopic (exact) mass is 378 g/mol. The second kappa shape index (κ2) is 8.75. The van der Waals surface area contributed by atoms with E-state index in [-0.39, 0.29) is 12.9 Å². The van der Waals surface area contributed by atoms with Gasteiger partial charge < -0.3 is 33.5 Å². The smallest absolute Gasteiger partial charge is 0.186 e. The van der Waals surface area contributed by atoms with Gasteiger partial charge in [-0.1, -0.05) is 19.6 Å². The molecule has 0 saturated carbocycles. The van der Waals surface area contributed by atoms with Gasteiger partial charge in [0, 0.05) is 21.3 Å². The average Bonchev–Trinajstić information content (AvgIpc) is 2.49. The Kier molecular flexibility index (Phi) is 7.43. The molecule has 0 aromatic carbocycles. The quantitative estimate of drug-likeness (QED) is 0.393. The molecule has 2 saturated heterocycles. The number of ether oxygens (including phenoxy) is 6. The number of aliphatic hydroxyl groups excluding tert-OH is 1. The number of fused-ring (bicyclic) bond motifs is 1. The maximum absolute atomic E-state index is 10.7. The van der Waals surface area contributed by atoms with Crippen molar-refractivity contribution in [1.29, 1.82) is 0 Å². The van der Waals surface area contributed by atoms with Crippen LogP contribution in [0.5, 0.6) is 0 Å². The summed E-state index contributed by atoms with van der Waals surface area (Å²) >= 11 is 0. The molecule has 25 heavy (non-hydrogen) atoms. The SMILES string of the molecule is CCOCOC1C2OC(C)(C)OCC2O[C@@H](OCC[Si](C)(C)C)C1O. The molecule has 0 aromatic heterocycles. The van der Waals surface area contributed by atoms with Crippen molar-refractivity contribution in [2.24, 2.45) is 0 Å². The van der Waals surface area contributed by atoms with E-state index in [1.807, 2.05) is 20.8 Å². The van der Waals surface area contributed by atoms with Crippen LogP contribution >= 0.6 is 0 Å². The molecule has 7 nitrogen and oxygen atoms in total. The zero-order valence-electron chi connectivity index (χ0n) is 16.3. The van der Waals surface area contributed by atoms with E-state index in [9.17, 15) is 5.11 Å². The number of hydrogen-bond donors (Lipinski definition) is 1. The van der Waals surface area contributed by atoms with Crippen LogP contribution in [-0.2, 0) is 28.4 Å². The maximum Gasteiger partial charge on any atom is 0.186 e. The van der Waals surface area contributed by atoms with Gasteiger partial charge in [0.05, 0.1) is 6.61 Å². The Morgan fingerprint density at radius 2 is 1.92 bits per heavy atom. The number of hydrogen-bond acceptors (Lipinski definition) is 7. The largest absolute Gasteiger partial charge is 0.385 e. The van der Waals surface area contributed by atoms with E-state index in [1.165, 1.54) is 0 Å². The summed E-state index contributed by atoms with van der Waals surface area (Å²) in [5.74, 6) is -0.747. The first-order chi connectivity index (χ1) is 11.6. The molecule has 0 bridgehead atoms. The zero-order valence-corrected chi connectivity index (χ0v) is 17.3. The van der Waals surface area contributed by atoms with Crippen LogP contribution in [0.3, 0.4) is 0 Å². The molecular formula is C17H34O7Si. The molecule has 2 aliphatic rings. The lowest BCUT2D eigenvalue weighted by atomic mass is 9.97. The fourth-order valence-electron chi connectivity index (χ4n) is 2.84. The highest BCUT2D eigenvalue weighted by Crippen LogP contribution is 2.34. The summed E-state index contributed by atoms with van der Waals surface area (Å²) in [5.41, 5.74) is 0. The standard InChI is InChI=1S/C17H34O7Si/c1-7-19-11-21-15-13(18)16(20-8-9-25(4,5)6)23-12-10-22-17(2,3)24-14(12)15/h12-16,18H,7-11H2,1-6H3/t12?,13?,14?,15?,16-/m1/s1. The first kappa shape index (κ1) is 21.2. The van der Waals surface area contributed by atoms with Crippen molar-refractivity contribution < 1.29 is 33.5 Å². The lowest BCUT2D eigenvalue weighted by molar-refractivity contribution is -0.389. The van der Waals surface area contributed by atoms with Gasteiger partial charge in [-0.3, -0.25) is 0 Å². The van der Waals surface area contributed by atoms with E-state index in [0.717, 1.165) is 6.04 Å². The summed E-state index contributed by atoms with van der Waals surface area (Å²) in [6, 6.07) is 0.998. The van der Waals surface area contributed by atoms with E-state index in [4.69, 9.17) is 28.4 Å². The lowest BCUT2D eigenvalue weighted by Gasteiger charge is -2.49. The normalized spacial score (nSPS) is 35.4. The Balaban J connectivity index is 2.02. The first-order valence-corrected chi connectivity index (χ1v) is 12.8. The van der Waals surface area contributed by atoms with Crippen LogP contribution in [0, 0.1) is 0 Å². The van der Waals surface area contributed by atoms with Crippen LogP contribution in [0.2, 0.25) is 25.7 Å². The Hall–Kier alpha value is -0.0631. The van der Waals surface area contributed by atoms with Crippen molar-refractivity contribution in [3.05, 3.63) is 0 Å². The maximum atomic E-state index is 10.7. The van der Waals surface area contributed by atoms with Crippen LogP contribution in [-0.4, -0.2) is 76.3 Å². The van der Waals surface area contributed by atoms with E-state index < -0.39 is 38.5 Å². The van der Waals surface area contributed by atoms with Gasteiger partial charge in [0.25, 0.3) is 0 Å².